The van der Waals surface area contributed by atoms with Crippen LogP contribution in [0.1, 0.15) is 78.6 Å². The minimum atomic E-state index is -0.755. The summed E-state index contributed by atoms with van der Waals surface area (Å²) in [5.41, 5.74) is -0.221. The summed E-state index contributed by atoms with van der Waals surface area (Å²) < 4.78 is 0. The van der Waals surface area contributed by atoms with Crippen molar-refractivity contribution in [3.05, 3.63) is 0 Å². The first-order valence-corrected chi connectivity index (χ1v) is 11.7. The maximum Gasteiger partial charge on any atom is 0.303 e. The van der Waals surface area contributed by atoms with E-state index in [4.69, 9.17) is 5.11 Å². The number of carboxylic acid groups (broad SMARTS) is 1. The Bertz CT molecular complexity index is 676. The molecular formula is C24H38O5. The van der Waals surface area contributed by atoms with Crippen LogP contribution in [0.4, 0.5) is 0 Å². The minimum Gasteiger partial charge on any atom is -0.481 e. The number of aliphatic carboxylic acids is 1. The molecule has 5 nitrogen and oxygen atoms in total. The van der Waals surface area contributed by atoms with Crippen LogP contribution in [-0.2, 0) is 9.59 Å². The number of aliphatic hydroxyl groups excluding tert-OH is 2. The van der Waals surface area contributed by atoms with E-state index in [2.05, 4.69) is 20.8 Å². The molecule has 4 aliphatic rings. The second-order valence-corrected chi connectivity index (χ2v) is 11.2. The summed E-state index contributed by atoms with van der Waals surface area (Å²) in [5.74, 6) is 1.10. The number of hydrogen-bond acceptors (Lipinski definition) is 4. The minimum absolute atomic E-state index is 0.0348. The molecule has 0 aromatic rings. The van der Waals surface area contributed by atoms with E-state index in [-0.39, 0.29) is 46.8 Å². The van der Waals surface area contributed by atoms with E-state index < -0.39 is 18.2 Å². The number of carbonyl (C=O) groups is 2. The molecule has 3 N–H and O–H groups in total. The van der Waals surface area contributed by atoms with Gasteiger partial charge in [-0.3, -0.25) is 9.59 Å². The Labute approximate surface area is 174 Å². The van der Waals surface area contributed by atoms with Crippen LogP contribution in [0.3, 0.4) is 0 Å². The van der Waals surface area contributed by atoms with Crippen molar-refractivity contribution in [1.82, 2.24) is 0 Å². The molecule has 4 saturated carbocycles. The predicted octanol–water partition coefficient (Wildman–Crippen LogP) is 3.66. The molecule has 164 valence electrons. The van der Waals surface area contributed by atoms with Crippen molar-refractivity contribution in [3.63, 3.8) is 0 Å². The van der Waals surface area contributed by atoms with Crippen LogP contribution in [0, 0.1) is 46.3 Å². The van der Waals surface area contributed by atoms with Crippen LogP contribution < -0.4 is 0 Å². The van der Waals surface area contributed by atoms with Crippen molar-refractivity contribution in [1.29, 1.82) is 0 Å². The molecule has 0 aliphatic heterocycles. The highest BCUT2D eigenvalue weighted by Gasteiger charge is 2.65. The van der Waals surface area contributed by atoms with Gasteiger partial charge in [0.05, 0.1) is 12.2 Å². The summed E-state index contributed by atoms with van der Waals surface area (Å²) in [4.78, 5) is 23.1. The van der Waals surface area contributed by atoms with E-state index in [1.165, 1.54) is 0 Å². The summed E-state index contributed by atoms with van der Waals surface area (Å²) in [7, 11) is 0. The predicted molar refractivity (Wildman–Crippen MR) is 109 cm³/mol. The number of carbonyl (C=O) groups excluding carboxylic acids is 1. The fourth-order valence-electron chi connectivity index (χ4n) is 8.50. The van der Waals surface area contributed by atoms with Crippen LogP contribution in [0.5, 0.6) is 0 Å². The van der Waals surface area contributed by atoms with E-state index in [1.807, 2.05) is 0 Å². The summed E-state index contributed by atoms with van der Waals surface area (Å²) in [5, 5.41) is 31.8. The van der Waals surface area contributed by atoms with E-state index in [0.29, 0.717) is 43.8 Å². The molecule has 10 atom stereocenters. The lowest BCUT2D eigenvalue weighted by Crippen LogP contribution is -2.62. The normalized spacial score (nSPS) is 50.4. The van der Waals surface area contributed by atoms with Gasteiger partial charge in [0, 0.05) is 19.3 Å². The Kier molecular flexibility index (Phi) is 5.39. The lowest BCUT2D eigenvalue weighted by atomic mass is 9.43. The summed E-state index contributed by atoms with van der Waals surface area (Å²) in [6, 6.07) is 0. The number of hydrogen-bond donors (Lipinski definition) is 3. The van der Waals surface area contributed by atoms with Crippen molar-refractivity contribution >= 4 is 11.8 Å². The highest BCUT2D eigenvalue weighted by atomic mass is 16.4. The van der Waals surface area contributed by atoms with Gasteiger partial charge in [0.2, 0.25) is 0 Å². The first-order chi connectivity index (χ1) is 13.6. The van der Waals surface area contributed by atoms with Crippen LogP contribution in [0.25, 0.3) is 0 Å². The van der Waals surface area contributed by atoms with Crippen LogP contribution in [0.2, 0.25) is 0 Å². The monoisotopic (exact) mass is 406 g/mol. The van der Waals surface area contributed by atoms with Crippen molar-refractivity contribution in [2.45, 2.75) is 90.8 Å². The summed E-state index contributed by atoms with van der Waals surface area (Å²) >= 11 is 0. The van der Waals surface area contributed by atoms with Crippen LogP contribution in [0.15, 0.2) is 0 Å². The molecule has 0 heterocycles. The van der Waals surface area contributed by atoms with Gasteiger partial charge in [0.15, 0.2) is 0 Å². The lowest BCUT2D eigenvalue weighted by Gasteiger charge is -2.63. The van der Waals surface area contributed by atoms with Gasteiger partial charge < -0.3 is 15.3 Å². The molecule has 0 amide bonds. The van der Waals surface area contributed by atoms with E-state index in [1.54, 1.807) is 0 Å². The SMILES string of the molecule is C[C@@H](CCC(=O)O)[C@@H]1CC[C@@H]2[C@@H]3[C@@H](C[C@@H](O)[C@]21C)[C@]1(C)CCC(=O)C[C@@H]1C[C@@H]3O. The molecule has 0 spiro atoms. The van der Waals surface area contributed by atoms with Crippen molar-refractivity contribution < 1.29 is 24.9 Å². The molecule has 4 fully saturated rings. The van der Waals surface area contributed by atoms with Gasteiger partial charge in [-0.2, -0.15) is 0 Å². The molecule has 0 aromatic heterocycles. The zero-order valence-corrected chi connectivity index (χ0v) is 18.1. The van der Waals surface area contributed by atoms with Gasteiger partial charge in [0.25, 0.3) is 0 Å². The average Bonchev–Trinajstić information content (AvgIpc) is 3.01. The van der Waals surface area contributed by atoms with Gasteiger partial charge in [-0.1, -0.05) is 20.8 Å². The Morgan fingerprint density at radius 1 is 1.17 bits per heavy atom. The van der Waals surface area contributed by atoms with Crippen molar-refractivity contribution in [2.24, 2.45) is 46.3 Å². The number of Topliss-reactive ketones (excluding diaryl/α,β-unsaturated/α-hetero) is 1. The molecule has 0 aromatic carbocycles. The van der Waals surface area contributed by atoms with E-state index >= 15 is 0 Å². The van der Waals surface area contributed by atoms with Gasteiger partial charge in [0.1, 0.15) is 5.78 Å². The molecule has 5 heteroatoms. The van der Waals surface area contributed by atoms with E-state index in [0.717, 1.165) is 19.3 Å². The molecule has 0 unspecified atom stereocenters. The van der Waals surface area contributed by atoms with Gasteiger partial charge in [-0.15, -0.1) is 0 Å². The molecule has 4 rings (SSSR count). The van der Waals surface area contributed by atoms with Gasteiger partial charge in [-0.05, 0) is 84.9 Å². The Balaban J connectivity index is 1.61. The molecule has 29 heavy (non-hydrogen) atoms. The largest absolute Gasteiger partial charge is 0.481 e. The topological polar surface area (TPSA) is 94.8 Å². The quantitative estimate of drug-likeness (QED) is 0.662. The third kappa shape index (κ3) is 3.18. The second-order valence-electron chi connectivity index (χ2n) is 11.2. The van der Waals surface area contributed by atoms with Crippen molar-refractivity contribution in [3.8, 4) is 0 Å². The molecule has 0 saturated heterocycles. The zero-order chi connectivity index (χ0) is 21.1. The number of rotatable bonds is 4. The number of ketones is 1. The Morgan fingerprint density at radius 3 is 2.59 bits per heavy atom. The number of aliphatic hydroxyl groups is 2. The third-order valence-corrected chi connectivity index (χ3v) is 10.2. The zero-order valence-electron chi connectivity index (χ0n) is 18.1. The van der Waals surface area contributed by atoms with E-state index in [9.17, 15) is 19.8 Å². The maximum atomic E-state index is 12.1. The van der Waals surface area contributed by atoms with Gasteiger partial charge >= 0.3 is 5.97 Å². The fourth-order valence-corrected chi connectivity index (χ4v) is 8.50. The molecule has 0 bridgehead atoms. The Morgan fingerprint density at radius 2 is 1.90 bits per heavy atom. The molecule has 0 radical (unpaired) electrons. The van der Waals surface area contributed by atoms with Crippen LogP contribution in [-0.4, -0.2) is 39.3 Å². The molecular weight excluding hydrogens is 368 g/mol. The van der Waals surface area contributed by atoms with Crippen molar-refractivity contribution in [2.75, 3.05) is 0 Å². The third-order valence-electron chi connectivity index (χ3n) is 10.2. The number of carboxylic acids is 1. The average molecular weight is 407 g/mol. The highest BCUT2D eigenvalue weighted by molar-refractivity contribution is 5.79. The standard InChI is InChI=1S/C24H38O5/c1-13(4-7-21(28)29)16-5-6-17-22-18(12-20(27)24(16,17)3)23(2)9-8-15(25)10-14(23)11-19(22)26/h13-14,16-20,22,26-27H,4-12H2,1-3H3,(H,28,29)/t13-,14+,16-,17+,18+,19-,20+,22+,23+,24-/m0/s1. The van der Waals surface area contributed by atoms with Gasteiger partial charge in [-0.25, -0.2) is 0 Å². The maximum absolute atomic E-state index is 12.1. The Hall–Kier alpha value is -0.940. The highest BCUT2D eigenvalue weighted by Crippen LogP contribution is 2.68. The van der Waals surface area contributed by atoms with Crippen LogP contribution >= 0.6 is 0 Å². The smallest absolute Gasteiger partial charge is 0.303 e. The fraction of sp³-hybridized carbons (Fsp3) is 0.917. The first kappa shape index (κ1) is 21.3. The second kappa shape index (κ2) is 7.33. The first-order valence-electron chi connectivity index (χ1n) is 11.7. The summed E-state index contributed by atoms with van der Waals surface area (Å²) in [6.45, 7) is 6.66. The number of fused-ring (bicyclic) bond motifs is 5. The summed E-state index contributed by atoms with van der Waals surface area (Å²) in [6.07, 6.45) is 5.56. The lowest BCUT2D eigenvalue weighted by molar-refractivity contribution is -0.201. The molecule has 4 aliphatic carbocycles.